The maximum atomic E-state index is 10.6. The van der Waals surface area contributed by atoms with Crippen LogP contribution in [0.1, 0.15) is 16.2 Å². The van der Waals surface area contributed by atoms with Crippen LogP contribution in [0.5, 0.6) is 5.75 Å². The van der Waals surface area contributed by atoms with Gasteiger partial charge >= 0.3 is 5.97 Å². The second kappa shape index (κ2) is 5.23. The van der Waals surface area contributed by atoms with Crippen molar-refractivity contribution in [2.75, 3.05) is 0 Å². The van der Waals surface area contributed by atoms with Crippen molar-refractivity contribution in [3.8, 4) is 16.9 Å². The molecule has 2 N–H and O–H groups in total. The second-order valence-electron chi connectivity index (χ2n) is 4.13. The van der Waals surface area contributed by atoms with E-state index in [1.165, 1.54) is 4.88 Å². The molecular formula is C14H14O3S. The van der Waals surface area contributed by atoms with Crippen LogP contribution in [0.2, 0.25) is 0 Å². The van der Waals surface area contributed by atoms with Crippen LogP contribution in [-0.2, 0) is 11.2 Å². The predicted octanol–water partition coefficient (Wildman–Crippen LogP) is 3.45. The molecule has 2 aromatic rings. The molecule has 18 heavy (non-hydrogen) atoms. The molecule has 0 spiro atoms. The van der Waals surface area contributed by atoms with Gasteiger partial charge in [-0.3, -0.25) is 4.79 Å². The summed E-state index contributed by atoms with van der Waals surface area (Å²) >= 11 is 1.63. The molecule has 1 heterocycles. The fourth-order valence-electron chi connectivity index (χ4n) is 1.85. The van der Waals surface area contributed by atoms with Crippen LogP contribution in [0.25, 0.3) is 11.1 Å². The molecule has 0 atom stereocenters. The Morgan fingerprint density at radius 2 is 1.94 bits per heavy atom. The largest absolute Gasteiger partial charge is 0.508 e. The van der Waals surface area contributed by atoms with Crippen molar-refractivity contribution < 1.29 is 15.0 Å². The lowest BCUT2D eigenvalue weighted by Crippen LogP contribution is -1.96. The first-order chi connectivity index (χ1) is 8.56. The van der Waals surface area contributed by atoms with Crippen molar-refractivity contribution in [1.29, 1.82) is 0 Å². The van der Waals surface area contributed by atoms with E-state index in [1.54, 1.807) is 23.5 Å². The van der Waals surface area contributed by atoms with E-state index in [4.69, 9.17) is 5.11 Å². The van der Waals surface area contributed by atoms with Crippen LogP contribution in [0, 0.1) is 6.92 Å². The number of phenols is 1. The normalized spacial score (nSPS) is 10.5. The summed E-state index contributed by atoms with van der Waals surface area (Å²) < 4.78 is 0. The van der Waals surface area contributed by atoms with Crippen molar-refractivity contribution in [3.05, 3.63) is 40.1 Å². The van der Waals surface area contributed by atoms with Crippen LogP contribution in [-0.4, -0.2) is 16.2 Å². The summed E-state index contributed by atoms with van der Waals surface area (Å²) in [4.78, 5) is 12.9. The average molecular weight is 262 g/mol. The van der Waals surface area contributed by atoms with Crippen molar-refractivity contribution in [2.24, 2.45) is 0 Å². The van der Waals surface area contributed by atoms with Crippen molar-refractivity contribution in [3.63, 3.8) is 0 Å². The second-order valence-corrected chi connectivity index (χ2v) is 5.48. The van der Waals surface area contributed by atoms with E-state index in [2.05, 4.69) is 6.07 Å². The Hall–Kier alpha value is -1.81. The molecule has 2 rings (SSSR count). The minimum Gasteiger partial charge on any atom is -0.508 e. The summed E-state index contributed by atoms with van der Waals surface area (Å²) in [6.45, 7) is 2.01. The number of carboxylic acids is 1. The Morgan fingerprint density at radius 3 is 2.56 bits per heavy atom. The molecule has 0 amide bonds. The minimum absolute atomic E-state index is 0.144. The summed E-state index contributed by atoms with van der Waals surface area (Å²) in [6, 6.07) is 9.04. The first kappa shape index (κ1) is 12.6. The van der Waals surface area contributed by atoms with Gasteiger partial charge in [0, 0.05) is 9.75 Å². The Labute approximate surface area is 109 Å². The first-order valence-electron chi connectivity index (χ1n) is 5.67. The van der Waals surface area contributed by atoms with Crippen molar-refractivity contribution in [1.82, 2.24) is 0 Å². The number of aliphatic carboxylic acids is 1. The highest BCUT2D eigenvalue weighted by molar-refractivity contribution is 7.12. The molecule has 0 radical (unpaired) electrons. The Morgan fingerprint density at radius 1 is 1.28 bits per heavy atom. The zero-order valence-corrected chi connectivity index (χ0v) is 10.8. The zero-order valence-electron chi connectivity index (χ0n) is 10.0. The topological polar surface area (TPSA) is 57.5 Å². The van der Waals surface area contributed by atoms with E-state index in [-0.39, 0.29) is 12.2 Å². The Balaban J connectivity index is 2.31. The van der Waals surface area contributed by atoms with Crippen molar-refractivity contribution in [2.45, 2.75) is 19.8 Å². The van der Waals surface area contributed by atoms with E-state index >= 15 is 0 Å². The number of carbonyl (C=O) groups is 1. The third kappa shape index (κ3) is 2.90. The number of rotatable bonds is 4. The van der Waals surface area contributed by atoms with Gasteiger partial charge in [0.2, 0.25) is 0 Å². The van der Waals surface area contributed by atoms with Gasteiger partial charge in [0.1, 0.15) is 5.75 Å². The first-order valence-corrected chi connectivity index (χ1v) is 6.48. The smallest absolute Gasteiger partial charge is 0.303 e. The number of aryl methyl sites for hydroxylation is 2. The lowest BCUT2D eigenvalue weighted by Gasteiger charge is -2.03. The lowest BCUT2D eigenvalue weighted by atomic mass is 10.0. The molecule has 1 aromatic carbocycles. The van der Waals surface area contributed by atoms with Crippen LogP contribution >= 0.6 is 11.3 Å². The van der Waals surface area contributed by atoms with Gasteiger partial charge in [-0.1, -0.05) is 12.1 Å². The highest BCUT2D eigenvalue weighted by Gasteiger charge is 2.10. The van der Waals surface area contributed by atoms with Crippen LogP contribution in [0.15, 0.2) is 30.3 Å². The summed E-state index contributed by atoms with van der Waals surface area (Å²) in [7, 11) is 0. The number of hydrogen-bond donors (Lipinski definition) is 2. The standard InChI is InChI=1S/C14H14O3S/c1-9-8-12(10-2-4-11(15)5-3-10)13(18-9)6-7-14(16)17/h2-5,8,15H,6-7H2,1H3,(H,16,17). The van der Waals surface area contributed by atoms with E-state index in [0.29, 0.717) is 6.42 Å². The Bertz CT molecular complexity index is 555. The molecule has 0 saturated carbocycles. The highest BCUT2D eigenvalue weighted by Crippen LogP contribution is 2.33. The molecule has 0 saturated heterocycles. The van der Waals surface area contributed by atoms with Gasteiger partial charge < -0.3 is 10.2 Å². The van der Waals surface area contributed by atoms with Crippen LogP contribution in [0.4, 0.5) is 0 Å². The molecule has 0 fully saturated rings. The van der Waals surface area contributed by atoms with Gasteiger partial charge in [-0.15, -0.1) is 11.3 Å². The number of hydrogen-bond acceptors (Lipinski definition) is 3. The Kier molecular flexibility index (Phi) is 3.67. The zero-order chi connectivity index (χ0) is 13.1. The fraction of sp³-hybridized carbons (Fsp3) is 0.214. The predicted molar refractivity (Wildman–Crippen MR) is 72.1 cm³/mol. The average Bonchev–Trinajstić information content (AvgIpc) is 2.69. The summed E-state index contributed by atoms with van der Waals surface area (Å²) in [5.41, 5.74) is 2.08. The molecule has 4 heteroatoms. The molecule has 0 unspecified atom stereocenters. The van der Waals surface area contributed by atoms with Gasteiger partial charge in [-0.25, -0.2) is 0 Å². The molecule has 3 nitrogen and oxygen atoms in total. The quantitative estimate of drug-likeness (QED) is 0.887. The van der Waals surface area contributed by atoms with E-state index < -0.39 is 5.97 Å². The number of carboxylic acid groups (broad SMARTS) is 1. The monoisotopic (exact) mass is 262 g/mol. The summed E-state index contributed by atoms with van der Waals surface area (Å²) in [5, 5.41) is 18.0. The fourth-order valence-corrected chi connectivity index (χ4v) is 2.91. The summed E-state index contributed by atoms with van der Waals surface area (Å²) in [5.74, 6) is -0.546. The SMILES string of the molecule is Cc1cc(-c2ccc(O)cc2)c(CCC(=O)O)s1. The number of thiophene rings is 1. The molecule has 0 aliphatic heterocycles. The number of benzene rings is 1. The third-order valence-corrected chi connectivity index (χ3v) is 3.79. The van der Waals surface area contributed by atoms with Crippen LogP contribution in [0.3, 0.4) is 0 Å². The van der Waals surface area contributed by atoms with E-state index in [0.717, 1.165) is 16.0 Å². The van der Waals surface area contributed by atoms with E-state index in [9.17, 15) is 9.90 Å². The van der Waals surface area contributed by atoms with Gasteiger partial charge in [0.15, 0.2) is 0 Å². The third-order valence-electron chi connectivity index (χ3n) is 2.68. The van der Waals surface area contributed by atoms with Gasteiger partial charge in [0.25, 0.3) is 0 Å². The van der Waals surface area contributed by atoms with E-state index in [1.807, 2.05) is 19.1 Å². The molecule has 0 aliphatic rings. The highest BCUT2D eigenvalue weighted by atomic mass is 32.1. The van der Waals surface area contributed by atoms with Gasteiger partial charge in [-0.05, 0) is 42.7 Å². The van der Waals surface area contributed by atoms with Gasteiger partial charge in [0.05, 0.1) is 6.42 Å². The van der Waals surface area contributed by atoms with Crippen LogP contribution < -0.4 is 0 Å². The summed E-state index contributed by atoms with van der Waals surface area (Å²) in [6.07, 6.45) is 0.690. The van der Waals surface area contributed by atoms with Gasteiger partial charge in [-0.2, -0.15) is 0 Å². The molecule has 0 bridgehead atoms. The lowest BCUT2D eigenvalue weighted by molar-refractivity contribution is -0.136. The minimum atomic E-state index is -0.780. The molecular weight excluding hydrogens is 248 g/mol. The van der Waals surface area contributed by atoms with Crippen molar-refractivity contribution >= 4 is 17.3 Å². The maximum Gasteiger partial charge on any atom is 0.303 e. The molecule has 1 aromatic heterocycles. The molecule has 94 valence electrons. The maximum absolute atomic E-state index is 10.6. The number of aromatic hydroxyl groups is 1. The number of phenolic OH excluding ortho intramolecular Hbond substituents is 1. The molecule has 0 aliphatic carbocycles.